The van der Waals surface area contributed by atoms with E-state index in [0.717, 1.165) is 0 Å². The van der Waals surface area contributed by atoms with Crippen LogP contribution >= 0.6 is 0 Å². The first kappa shape index (κ1) is 28.0. The van der Waals surface area contributed by atoms with Gasteiger partial charge in [-0.15, -0.1) is 0 Å². The zero-order valence-corrected chi connectivity index (χ0v) is 22.3. The monoisotopic (exact) mass is 560 g/mol. The van der Waals surface area contributed by atoms with Crippen molar-refractivity contribution in [2.45, 2.75) is 24.7 Å². The Morgan fingerprint density at radius 2 is 1.66 bits per heavy atom. The van der Waals surface area contributed by atoms with Gasteiger partial charge >= 0.3 is 0 Å². The molecule has 0 heterocycles. The van der Waals surface area contributed by atoms with Crippen molar-refractivity contribution in [3.05, 3.63) is 87.4 Å². The number of carbonyl (C=O) groups is 4. The molecule has 1 amide bonds. The van der Waals surface area contributed by atoms with Crippen molar-refractivity contribution in [2.24, 2.45) is 17.6 Å². The largest absolute Gasteiger partial charge is 0.510 e. The number of benzene rings is 2. The molecule has 0 bridgehead atoms. The Labute approximate surface area is 234 Å². The average molecular weight is 561 g/mol. The van der Waals surface area contributed by atoms with Gasteiger partial charge in [-0.2, -0.15) is 0 Å². The summed E-state index contributed by atoms with van der Waals surface area (Å²) in [6.45, 7) is 1.42. The van der Waals surface area contributed by atoms with E-state index in [4.69, 9.17) is 5.73 Å². The Balaban J connectivity index is 1.84. The lowest BCUT2D eigenvalue weighted by Crippen LogP contribution is -2.68. The lowest BCUT2D eigenvalue weighted by Gasteiger charge is -2.52. The topological polar surface area (TPSA) is 199 Å². The summed E-state index contributed by atoms with van der Waals surface area (Å²) in [5, 5.41) is 56.9. The maximum atomic E-state index is 13.8. The van der Waals surface area contributed by atoms with Crippen molar-refractivity contribution in [1.29, 1.82) is 0 Å². The number of phenolic OH excluding ortho intramolecular Hbond substituents is 1. The minimum atomic E-state index is -3.01. The molecule has 0 aliphatic heterocycles. The fourth-order valence-corrected chi connectivity index (χ4v) is 6.31. The van der Waals surface area contributed by atoms with E-state index in [-0.39, 0.29) is 22.5 Å². The fourth-order valence-electron chi connectivity index (χ4n) is 6.31. The molecule has 0 radical (unpaired) electrons. The van der Waals surface area contributed by atoms with Crippen LogP contribution in [-0.4, -0.2) is 85.5 Å². The van der Waals surface area contributed by atoms with Crippen LogP contribution < -0.4 is 5.73 Å². The van der Waals surface area contributed by atoms with Crippen molar-refractivity contribution < 1.29 is 44.7 Å². The van der Waals surface area contributed by atoms with Crippen molar-refractivity contribution in [2.75, 3.05) is 14.1 Å². The Hall–Kier alpha value is -4.58. The van der Waals surface area contributed by atoms with Crippen LogP contribution in [-0.2, 0) is 9.59 Å². The molecule has 5 rings (SSSR count). The normalized spacial score (nSPS) is 28.5. The number of nitrogens with two attached hydrogens (primary N) is 1. The van der Waals surface area contributed by atoms with E-state index in [1.165, 1.54) is 38.1 Å². The summed E-state index contributed by atoms with van der Waals surface area (Å²) < 4.78 is 0. The van der Waals surface area contributed by atoms with Crippen LogP contribution in [0.4, 0.5) is 0 Å². The van der Waals surface area contributed by atoms with Gasteiger partial charge < -0.3 is 31.3 Å². The highest BCUT2D eigenvalue weighted by Gasteiger charge is 2.67. The van der Waals surface area contributed by atoms with Gasteiger partial charge in [-0.25, -0.2) is 0 Å². The molecule has 0 fully saturated rings. The first-order valence-corrected chi connectivity index (χ1v) is 12.7. The SMILES string of the molecule is CC(=O)c1ccc(/C=C2\c3cccc(O)c3C(=O)C3=C(O)[C@@]4(O)C(=O)C(C(N)=O)=C(O)[C@H](N(C)C)[C@H]4[C@H](O)[C@H]32)cc1. The van der Waals surface area contributed by atoms with Crippen molar-refractivity contribution in [1.82, 2.24) is 4.90 Å². The van der Waals surface area contributed by atoms with Crippen LogP contribution in [0, 0.1) is 11.8 Å². The van der Waals surface area contributed by atoms with Crippen molar-refractivity contribution in [3.63, 3.8) is 0 Å². The first-order valence-electron chi connectivity index (χ1n) is 12.7. The number of fused-ring (bicyclic) bond motifs is 3. The molecule has 0 aromatic heterocycles. The molecule has 0 spiro atoms. The third kappa shape index (κ3) is 3.85. The Kier molecular flexibility index (Phi) is 6.49. The smallest absolute Gasteiger partial charge is 0.255 e. The standard InChI is InChI=1S/C30H28N2O9/c1-12(33)14-9-7-13(8-10-14)11-16-15-5-4-6-17(34)18(15)24(35)20-19(16)25(36)22-23(32(2)3)26(37)21(29(31)40)28(39)30(22,41)27(20)38/h4-11,19,22-23,25,34,36-38,41H,1-3H3,(H2,31,40)/b16-11+/t19-,22-,23+,25+,30+/m0/s1. The van der Waals surface area contributed by atoms with Gasteiger partial charge in [-0.05, 0) is 43.8 Å². The zero-order chi connectivity index (χ0) is 30.1. The third-order valence-corrected chi connectivity index (χ3v) is 8.17. The maximum Gasteiger partial charge on any atom is 0.255 e. The van der Waals surface area contributed by atoms with E-state index in [2.05, 4.69) is 0 Å². The molecule has 7 N–H and O–H groups in total. The summed E-state index contributed by atoms with van der Waals surface area (Å²) in [6, 6.07) is 9.37. The van der Waals surface area contributed by atoms with Gasteiger partial charge in [0.1, 0.15) is 22.8 Å². The van der Waals surface area contributed by atoms with Gasteiger partial charge in [0.2, 0.25) is 5.78 Å². The molecule has 0 unspecified atom stereocenters. The summed E-state index contributed by atoms with van der Waals surface area (Å²) in [7, 11) is 2.93. The summed E-state index contributed by atoms with van der Waals surface area (Å²) in [4.78, 5) is 52.6. The van der Waals surface area contributed by atoms with Crippen LogP contribution in [0.2, 0.25) is 0 Å². The highest BCUT2D eigenvalue weighted by atomic mass is 16.4. The third-order valence-electron chi connectivity index (χ3n) is 8.17. The summed E-state index contributed by atoms with van der Waals surface area (Å²) >= 11 is 0. The number of aliphatic hydroxyl groups is 4. The second-order valence-electron chi connectivity index (χ2n) is 10.7. The molecule has 0 saturated heterocycles. The quantitative estimate of drug-likeness (QED) is 0.234. The van der Waals surface area contributed by atoms with Crippen LogP contribution in [0.15, 0.2) is 65.1 Å². The van der Waals surface area contributed by atoms with Gasteiger partial charge in [0.15, 0.2) is 17.2 Å². The van der Waals surface area contributed by atoms with Crippen LogP contribution in [0.25, 0.3) is 11.6 Å². The molecule has 0 saturated carbocycles. The Morgan fingerprint density at radius 3 is 2.22 bits per heavy atom. The lowest BCUT2D eigenvalue weighted by molar-refractivity contribution is -0.159. The van der Waals surface area contributed by atoms with Crippen molar-refractivity contribution >= 4 is 34.9 Å². The number of likely N-dealkylation sites (N-methyl/N-ethyl adjacent to an activating group) is 1. The first-order chi connectivity index (χ1) is 19.2. The molecule has 2 aromatic carbocycles. The number of primary amides is 1. The van der Waals surface area contributed by atoms with Gasteiger partial charge in [0.25, 0.3) is 5.91 Å². The number of aromatic hydroxyl groups is 1. The number of nitrogens with zero attached hydrogens (tertiary/aromatic N) is 1. The number of hydrogen-bond acceptors (Lipinski definition) is 10. The van der Waals surface area contributed by atoms with Gasteiger partial charge in [-0.1, -0.05) is 42.5 Å². The van der Waals surface area contributed by atoms with Crippen LogP contribution in [0.5, 0.6) is 5.75 Å². The highest BCUT2D eigenvalue weighted by molar-refractivity contribution is 6.25. The number of phenols is 1. The minimum absolute atomic E-state index is 0.153. The molecular formula is C30H28N2O9. The average Bonchev–Trinajstić information content (AvgIpc) is 2.90. The Bertz CT molecular complexity index is 1630. The van der Waals surface area contributed by atoms with E-state index >= 15 is 0 Å². The van der Waals surface area contributed by atoms with Crippen LogP contribution in [0.3, 0.4) is 0 Å². The predicted octanol–water partition coefficient (Wildman–Crippen LogP) is 1.29. The summed E-state index contributed by atoms with van der Waals surface area (Å²) in [5.41, 5.74) is 2.09. The van der Waals surface area contributed by atoms with Gasteiger partial charge in [0, 0.05) is 11.5 Å². The van der Waals surface area contributed by atoms with Crippen molar-refractivity contribution in [3.8, 4) is 5.75 Å². The van der Waals surface area contributed by atoms with E-state index in [1.807, 2.05) is 0 Å². The van der Waals surface area contributed by atoms with E-state index in [9.17, 15) is 44.7 Å². The summed E-state index contributed by atoms with van der Waals surface area (Å²) in [6.07, 6.45) is -0.180. The fraction of sp³-hybridized carbons (Fsp3) is 0.267. The second-order valence-corrected chi connectivity index (χ2v) is 10.7. The number of ketones is 3. The molecule has 3 aliphatic rings. The highest BCUT2D eigenvalue weighted by Crippen LogP contribution is 2.55. The van der Waals surface area contributed by atoms with E-state index < -0.39 is 75.5 Å². The van der Waals surface area contributed by atoms with E-state index in [1.54, 1.807) is 36.4 Å². The molecular weight excluding hydrogens is 532 g/mol. The van der Waals surface area contributed by atoms with Gasteiger partial charge in [0.05, 0.1) is 29.2 Å². The molecule has 5 atom stereocenters. The number of rotatable bonds is 4. The number of hydrogen-bond donors (Lipinski definition) is 6. The molecule has 41 heavy (non-hydrogen) atoms. The van der Waals surface area contributed by atoms with E-state index in [0.29, 0.717) is 11.1 Å². The maximum absolute atomic E-state index is 13.8. The number of Topliss-reactive ketones (excluding diaryl/α,β-unsaturated/α-hetero) is 3. The van der Waals surface area contributed by atoms with Gasteiger partial charge in [-0.3, -0.25) is 24.1 Å². The summed E-state index contributed by atoms with van der Waals surface area (Å²) in [5.74, 6) is -9.26. The predicted molar refractivity (Wildman–Crippen MR) is 146 cm³/mol. The number of carbonyl (C=O) groups excluding carboxylic acids is 4. The van der Waals surface area contributed by atoms with Crippen LogP contribution in [0.1, 0.15) is 38.8 Å². The second kappa shape index (κ2) is 9.51. The molecule has 3 aliphatic carbocycles. The minimum Gasteiger partial charge on any atom is -0.510 e. The lowest BCUT2D eigenvalue weighted by atomic mass is 9.56. The Morgan fingerprint density at radius 1 is 1.02 bits per heavy atom. The molecule has 11 heteroatoms. The molecule has 11 nitrogen and oxygen atoms in total. The zero-order valence-electron chi connectivity index (χ0n) is 22.3. The number of aliphatic hydroxyl groups excluding tert-OH is 3. The number of amides is 1. The molecule has 2 aromatic rings. The molecule has 212 valence electrons.